The summed E-state index contributed by atoms with van der Waals surface area (Å²) in [4.78, 5) is 25.0. The van der Waals surface area contributed by atoms with Crippen molar-refractivity contribution in [3.8, 4) is 17.5 Å². The lowest BCUT2D eigenvalue weighted by Crippen LogP contribution is -2.30. The van der Waals surface area contributed by atoms with Crippen LogP contribution in [0.4, 0.5) is 0 Å². The number of aryl methyl sites for hydroxylation is 1. The molecule has 0 amide bonds. The molecule has 0 unspecified atom stereocenters. The molecule has 2 rings (SSSR count). The molecule has 1 heterocycles. The number of aromatic hydroxyl groups is 1. The van der Waals surface area contributed by atoms with E-state index in [4.69, 9.17) is 5.26 Å². The molecule has 0 spiro atoms. The molecule has 0 saturated carbocycles. The van der Waals surface area contributed by atoms with E-state index in [1.54, 1.807) is 25.1 Å². The first kappa shape index (κ1) is 11.7. The number of aromatic amines is 1. The Morgan fingerprint density at radius 2 is 2.11 bits per heavy atom. The third kappa shape index (κ3) is 1.78. The maximum Gasteiger partial charge on any atom is 0.333 e. The maximum atomic E-state index is 11.7. The fourth-order valence-electron chi connectivity index (χ4n) is 1.67. The van der Waals surface area contributed by atoms with Gasteiger partial charge in [0, 0.05) is 6.20 Å². The minimum atomic E-state index is -0.744. The van der Waals surface area contributed by atoms with Crippen molar-refractivity contribution in [3.05, 3.63) is 56.4 Å². The molecule has 6 nitrogen and oxygen atoms in total. The molecule has 0 saturated heterocycles. The minimum Gasteiger partial charge on any atom is -0.506 e. The highest BCUT2D eigenvalue weighted by molar-refractivity contribution is 5.51. The number of nitrogens with one attached hydrogen (secondary N) is 1. The number of phenols is 1. The average Bonchev–Trinajstić information content (AvgIpc) is 2.31. The number of benzene rings is 1. The van der Waals surface area contributed by atoms with Gasteiger partial charge >= 0.3 is 5.69 Å². The number of aromatic nitrogens is 2. The fraction of sp³-hybridized carbons (Fsp3) is 0.0833. The van der Waals surface area contributed by atoms with Gasteiger partial charge in [-0.3, -0.25) is 14.3 Å². The molecular weight excluding hydrogens is 234 g/mol. The van der Waals surface area contributed by atoms with Gasteiger partial charge in [0.25, 0.3) is 5.56 Å². The first-order valence-corrected chi connectivity index (χ1v) is 5.09. The van der Waals surface area contributed by atoms with Crippen LogP contribution in [0.15, 0.2) is 34.0 Å². The summed E-state index contributed by atoms with van der Waals surface area (Å²) in [6.07, 6.45) is 1.11. The number of H-pyrrole nitrogens is 1. The molecule has 0 aliphatic rings. The zero-order valence-corrected chi connectivity index (χ0v) is 9.47. The Morgan fingerprint density at radius 1 is 1.39 bits per heavy atom. The van der Waals surface area contributed by atoms with E-state index in [-0.39, 0.29) is 17.0 Å². The standard InChI is InChI=1S/C12H9N3O3/c1-7-3-2-4-9(16)10(7)15-6-8(5-13)11(17)14-12(15)18/h2-4,6,16H,1H3,(H,14,17,18). The van der Waals surface area contributed by atoms with E-state index >= 15 is 0 Å². The SMILES string of the molecule is Cc1cccc(O)c1-n1cc(C#N)c(=O)[nH]c1=O. The molecule has 0 radical (unpaired) electrons. The Kier molecular flexibility index (Phi) is 2.73. The average molecular weight is 243 g/mol. The third-order valence-electron chi connectivity index (χ3n) is 2.52. The Bertz CT molecular complexity index is 745. The van der Waals surface area contributed by atoms with Crippen LogP contribution in [0.25, 0.3) is 5.69 Å². The number of rotatable bonds is 1. The lowest BCUT2D eigenvalue weighted by Gasteiger charge is -2.10. The van der Waals surface area contributed by atoms with Gasteiger partial charge in [-0.2, -0.15) is 5.26 Å². The van der Waals surface area contributed by atoms with Gasteiger partial charge in [0.2, 0.25) is 0 Å². The smallest absolute Gasteiger partial charge is 0.333 e. The normalized spacial score (nSPS) is 10.0. The van der Waals surface area contributed by atoms with Crippen LogP contribution in [0.5, 0.6) is 5.75 Å². The van der Waals surface area contributed by atoms with Crippen LogP contribution in [0, 0.1) is 18.3 Å². The van der Waals surface area contributed by atoms with Crippen LogP contribution in [0.2, 0.25) is 0 Å². The number of hydrogen-bond acceptors (Lipinski definition) is 4. The molecule has 0 bridgehead atoms. The van der Waals surface area contributed by atoms with Crippen LogP contribution in [0.1, 0.15) is 11.1 Å². The summed E-state index contributed by atoms with van der Waals surface area (Å²) in [5, 5.41) is 18.5. The van der Waals surface area contributed by atoms with Crippen molar-refractivity contribution < 1.29 is 5.11 Å². The summed E-state index contributed by atoms with van der Waals surface area (Å²) < 4.78 is 1.05. The van der Waals surface area contributed by atoms with Crippen molar-refractivity contribution >= 4 is 0 Å². The minimum absolute atomic E-state index is 0.104. The summed E-state index contributed by atoms with van der Waals surface area (Å²) in [5.74, 6) is -0.104. The number of phenolic OH excluding ortho intramolecular Hbond substituents is 1. The number of nitriles is 1. The highest BCUT2D eigenvalue weighted by Crippen LogP contribution is 2.23. The van der Waals surface area contributed by atoms with E-state index in [0.717, 1.165) is 10.8 Å². The van der Waals surface area contributed by atoms with E-state index in [1.165, 1.54) is 6.07 Å². The highest BCUT2D eigenvalue weighted by atomic mass is 16.3. The second kappa shape index (κ2) is 4.22. The van der Waals surface area contributed by atoms with Gasteiger partial charge in [-0.05, 0) is 18.6 Å². The Morgan fingerprint density at radius 3 is 2.72 bits per heavy atom. The largest absolute Gasteiger partial charge is 0.506 e. The van der Waals surface area contributed by atoms with Gasteiger partial charge in [0.15, 0.2) is 0 Å². The second-order valence-corrected chi connectivity index (χ2v) is 3.73. The number of nitrogens with zero attached hydrogens (tertiary/aromatic N) is 2. The van der Waals surface area contributed by atoms with E-state index in [1.807, 2.05) is 4.98 Å². The summed E-state index contributed by atoms with van der Waals surface area (Å²) in [6.45, 7) is 1.71. The monoisotopic (exact) mass is 243 g/mol. The lowest BCUT2D eigenvalue weighted by atomic mass is 10.2. The van der Waals surface area contributed by atoms with Gasteiger partial charge in [-0.15, -0.1) is 0 Å². The summed E-state index contributed by atoms with van der Waals surface area (Å²) >= 11 is 0. The lowest BCUT2D eigenvalue weighted by molar-refractivity contribution is 0.471. The van der Waals surface area contributed by atoms with Crippen LogP contribution in [0.3, 0.4) is 0 Å². The van der Waals surface area contributed by atoms with Gasteiger partial charge in [-0.25, -0.2) is 4.79 Å². The van der Waals surface area contributed by atoms with E-state index in [2.05, 4.69) is 0 Å². The first-order chi connectivity index (χ1) is 8.54. The predicted molar refractivity (Wildman–Crippen MR) is 63.8 cm³/mol. The molecule has 0 atom stereocenters. The summed E-state index contributed by atoms with van der Waals surface area (Å²) in [7, 11) is 0. The van der Waals surface area contributed by atoms with Crippen molar-refractivity contribution in [1.29, 1.82) is 5.26 Å². The topological polar surface area (TPSA) is 98.9 Å². The van der Waals surface area contributed by atoms with Crippen LogP contribution in [-0.4, -0.2) is 14.7 Å². The van der Waals surface area contributed by atoms with Crippen LogP contribution >= 0.6 is 0 Å². The molecule has 2 aromatic rings. The molecule has 1 aromatic heterocycles. The van der Waals surface area contributed by atoms with Crippen molar-refractivity contribution in [3.63, 3.8) is 0 Å². The second-order valence-electron chi connectivity index (χ2n) is 3.73. The van der Waals surface area contributed by atoms with E-state index in [0.29, 0.717) is 5.56 Å². The van der Waals surface area contributed by atoms with Crippen LogP contribution < -0.4 is 11.2 Å². The zero-order valence-electron chi connectivity index (χ0n) is 9.47. The highest BCUT2D eigenvalue weighted by Gasteiger charge is 2.11. The van der Waals surface area contributed by atoms with Crippen LogP contribution in [-0.2, 0) is 0 Å². The van der Waals surface area contributed by atoms with Gasteiger partial charge in [-0.1, -0.05) is 12.1 Å². The van der Waals surface area contributed by atoms with E-state index < -0.39 is 11.2 Å². The summed E-state index contributed by atoms with van der Waals surface area (Å²) in [5.41, 5.74) is -0.754. The van der Waals surface area contributed by atoms with Crippen molar-refractivity contribution in [1.82, 2.24) is 9.55 Å². The van der Waals surface area contributed by atoms with Gasteiger partial charge in [0.1, 0.15) is 17.4 Å². The Hall–Kier alpha value is -2.81. The molecular formula is C12H9N3O3. The quantitative estimate of drug-likeness (QED) is 0.757. The Balaban J connectivity index is 2.85. The number of para-hydroxylation sites is 1. The molecule has 18 heavy (non-hydrogen) atoms. The molecule has 2 N–H and O–H groups in total. The summed E-state index contributed by atoms with van der Waals surface area (Å²) in [6, 6.07) is 6.45. The number of hydrogen-bond donors (Lipinski definition) is 2. The van der Waals surface area contributed by atoms with Gasteiger partial charge in [0.05, 0.1) is 5.69 Å². The Labute approximate surface area is 101 Å². The zero-order chi connectivity index (χ0) is 13.3. The van der Waals surface area contributed by atoms with E-state index in [9.17, 15) is 14.7 Å². The predicted octanol–water partition coefficient (Wildman–Crippen LogP) is 0.411. The molecule has 0 fully saturated rings. The molecule has 1 aromatic carbocycles. The van der Waals surface area contributed by atoms with Gasteiger partial charge < -0.3 is 5.11 Å². The molecule has 6 heteroatoms. The fourth-order valence-corrected chi connectivity index (χ4v) is 1.67. The first-order valence-electron chi connectivity index (χ1n) is 5.09. The van der Waals surface area contributed by atoms with Crippen molar-refractivity contribution in [2.75, 3.05) is 0 Å². The maximum absolute atomic E-state index is 11.7. The van der Waals surface area contributed by atoms with Crippen molar-refractivity contribution in [2.45, 2.75) is 6.92 Å². The van der Waals surface area contributed by atoms with Crippen molar-refractivity contribution in [2.24, 2.45) is 0 Å². The molecule has 0 aliphatic carbocycles. The molecule has 90 valence electrons. The third-order valence-corrected chi connectivity index (χ3v) is 2.52. The molecule has 0 aliphatic heterocycles.